The molecule has 2 unspecified atom stereocenters. The second kappa shape index (κ2) is 6.30. The van der Waals surface area contributed by atoms with Gasteiger partial charge in [-0.1, -0.05) is 19.3 Å². The van der Waals surface area contributed by atoms with Gasteiger partial charge in [-0.3, -0.25) is 4.79 Å². The standard InChI is InChI=1S/C10H19NO2S/c1-14-7-10(13)11-8-5-3-2-4-6-9(8)12/h8-9,12H,2-7H2,1H3,(H,11,13). The Kier molecular flexibility index (Phi) is 5.33. The second-order valence-electron chi connectivity index (χ2n) is 3.81. The molecular weight excluding hydrogens is 198 g/mol. The predicted octanol–water partition coefficient (Wildman–Crippen LogP) is 1.16. The molecule has 2 atom stereocenters. The SMILES string of the molecule is CSCC(=O)NC1CCCCCC1O. The highest BCUT2D eigenvalue weighted by atomic mass is 32.2. The molecule has 0 radical (unpaired) electrons. The van der Waals surface area contributed by atoms with E-state index in [1.807, 2.05) is 6.26 Å². The quantitative estimate of drug-likeness (QED) is 0.697. The van der Waals surface area contributed by atoms with Crippen molar-refractivity contribution in [2.45, 2.75) is 44.2 Å². The Labute approximate surface area is 89.6 Å². The number of aliphatic hydroxyl groups is 1. The molecule has 4 heteroatoms. The first-order valence-corrected chi connectivity index (χ1v) is 6.60. The summed E-state index contributed by atoms with van der Waals surface area (Å²) in [5.74, 6) is 0.534. The van der Waals surface area contributed by atoms with E-state index in [-0.39, 0.29) is 18.1 Å². The topological polar surface area (TPSA) is 49.3 Å². The summed E-state index contributed by atoms with van der Waals surface area (Å²) in [6.07, 6.45) is 6.67. The smallest absolute Gasteiger partial charge is 0.230 e. The lowest BCUT2D eigenvalue weighted by Gasteiger charge is -2.21. The fourth-order valence-electron chi connectivity index (χ4n) is 1.84. The van der Waals surface area contributed by atoms with E-state index in [4.69, 9.17) is 0 Å². The molecule has 0 aromatic carbocycles. The summed E-state index contributed by atoms with van der Waals surface area (Å²) in [7, 11) is 0. The van der Waals surface area contributed by atoms with Gasteiger partial charge in [0.2, 0.25) is 5.91 Å². The largest absolute Gasteiger partial charge is 0.391 e. The van der Waals surface area contributed by atoms with Crippen LogP contribution in [0.25, 0.3) is 0 Å². The van der Waals surface area contributed by atoms with Crippen LogP contribution in [0.2, 0.25) is 0 Å². The van der Waals surface area contributed by atoms with Crippen molar-refractivity contribution in [1.29, 1.82) is 0 Å². The Morgan fingerprint density at radius 2 is 2.14 bits per heavy atom. The number of amides is 1. The lowest BCUT2D eigenvalue weighted by atomic mass is 10.1. The number of hydrogen-bond donors (Lipinski definition) is 2. The average molecular weight is 217 g/mol. The maximum Gasteiger partial charge on any atom is 0.230 e. The van der Waals surface area contributed by atoms with Gasteiger partial charge in [0.1, 0.15) is 0 Å². The molecule has 0 aliphatic heterocycles. The lowest BCUT2D eigenvalue weighted by Crippen LogP contribution is -2.43. The molecule has 0 bridgehead atoms. The molecule has 1 amide bonds. The molecule has 2 N–H and O–H groups in total. The zero-order chi connectivity index (χ0) is 10.4. The van der Waals surface area contributed by atoms with Crippen LogP contribution >= 0.6 is 11.8 Å². The van der Waals surface area contributed by atoms with Crippen LogP contribution in [-0.4, -0.2) is 35.2 Å². The summed E-state index contributed by atoms with van der Waals surface area (Å²) in [4.78, 5) is 11.3. The van der Waals surface area contributed by atoms with Gasteiger partial charge < -0.3 is 10.4 Å². The molecule has 0 spiro atoms. The van der Waals surface area contributed by atoms with Crippen LogP contribution in [0.5, 0.6) is 0 Å². The summed E-state index contributed by atoms with van der Waals surface area (Å²) in [6, 6.07) is -0.0165. The summed E-state index contributed by atoms with van der Waals surface area (Å²) in [6.45, 7) is 0. The van der Waals surface area contributed by atoms with Crippen molar-refractivity contribution in [3.05, 3.63) is 0 Å². The third kappa shape index (κ3) is 3.88. The van der Waals surface area contributed by atoms with E-state index >= 15 is 0 Å². The number of nitrogens with one attached hydrogen (secondary N) is 1. The number of hydrogen-bond acceptors (Lipinski definition) is 3. The number of rotatable bonds is 3. The van der Waals surface area contributed by atoms with Crippen molar-refractivity contribution in [1.82, 2.24) is 5.32 Å². The van der Waals surface area contributed by atoms with E-state index in [2.05, 4.69) is 5.32 Å². The molecule has 0 aromatic heterocycles. The maximum absolute atomic E-state index is 11.3. The predicted molar refractivity (Wildman–Crippen MR) is 59.4 cm³/mol. The minimum absolute atomic E-state index is 0.0165. The molecule has 0 heterocycles. The van der Waals surface area contributed by atoms with Gasteiger partial charge in [0.25, 0.3) is 0 Å². The lowest BCUT2D eigenvalue weighted by molar-refractivity contribution is -0.120. The summed E-state index contributed by atoms with van der Waals surface area (Å²) >= 11 is 1.51. The Bertz CT molecular complexity index is 187. The molecule has 1 saturated carbocycles. The molecule has 1 aliphatic rings. The number of carbonyl (C=O) groups excluding carboxylic acids is 1. The first-order valence-electron chi connectivity index (χ1n) is 5.20. The van der Waals surface area contributed by atoms with Crippen LogP contribution < -0.4 is 5.32 Å². The highest BCUT2D eigenvalue weighted by Gasteiger charge is 2.22. The Morgan fingerprint density at radius 1 is 1.43 bits per heavy atom. The van der Waals surface area contributed by atoms with Crippen LogP contribution in [0.1, 0.15) is 32.1 Å². The van der Waals surface area contributed by atoms with Crippen molar-refractivity contribution >= 4 is 17.7 Å². The fourth-order valence-corrected chi connectivity index (χ4v) is 2.18. The summed E-state index contributed by atoms with van der Waals surface area (Å²) in [5, 5.41) is 12.6. The average Bonchev–Trinajstić information content (AvgIpc) is 2.33. The minimum Gasteiger partial charge on any atom is -0.391 e. The van der Waals surface area contributed by atoms with Crippen molar-refractivity contribution in [2.24, 2.45) is 0 Å². The maximum atomic E-state index is 11.3. The number of carbonyl (C=O) groups is 1. The zero-order valence-corrected chi connectivity index (χ0v) is 9.48. The Balaban J connectivity index is 2.36. The number of thioether (sulfide) groups is 1. The molecule has 0 aromatic rings. The van der Waals surface area contributed by atoms with Gasteiger partial charge in [0.05, 0.1) is 17.9 Å². The third-order valence-electron chi connectivity index (χ3n) is 2.60. The van der Waals surface area contributed by atoms with Gasteiger partial charge in [0, 0.05) is 0 Å². The fraction of sp³-hybridized carbons (Fsp3) is 0.900. The molecule has 82 valence electrons. The Hall–Kier alpha value is -0.220. The van der Waals surface area contributed by atoms with Gasteiger partial charge in [-0.2, -0.15) is 11.8 Å². The summed E-state index contributed by atoms with van der Waals surface area (Å²) in [5.41, 5.74) is 0. The zero-order valence-electron chi connectivity index (χ0n) is 8.66. The van der Waals surface area contributed by atoms with Gasteiger partial charge in [-0.25, -0.2) is 0 Å². The molecule has 1 fully saturated rings. The molecule has 1 rings (SSSR count). The first kappa shape index (κ1) is 11.9. The molecule has 0 saturated heterocycles. The van der Waals surface area contributed by atoms with E-state index in [1.165, 1.54) is 18.2 Å². The first-order chi connectivity index (χ1) is 6.74. The van der Waals surface area contributed by atoms with Crippen LogP contribution in [0, 0.1) is 0 Å². The van der Waals surface area contributed by atoms with Crippen molar-refractivity contribution in [2.75, 3.05) is 12.0 Å². The third-order valence-corrected chi connectivity index (χ3v) is 3.15. The van der Waals surface area contributed by atoms with Crippen molar-refractivity contribution in [3.8, 4) is 0 Å². The minimum atomic E-state index is -0.344. The number of aliphatic hydroxyl groups excluding tert-OH is 1. The van der Waals surface area contributed by atoms with Crippen molar-refractivity contribution < 1.29 is 9.90 Å². The monoisotopic (exact) mass is 217 g/mol. The van der Waals surface area contributed by atoms with Crippen LogP contribution in [0.3, 0.4) is 0 Å². The Morgan fingerprint density at radius 3 is 2.86 bits per heavy atom. The van der Waals surface area contributed by atoms with Gasteiger partial charge in [0.15, 0.2) is 0 Å². The van der Waals surface area contributed by atoms with Crippen LogP contribution in [-0.2, 0) is 4.79 Å². The van der Waals surface area contributed by atoms with E-state index in [9.17, 15) is 9.90 Å². The molecule has 1 aliphatic carbocycles. The van der Waals surface area contributed by atoms with Gasteiger partial charge in [-0.15, -0.1) is 0 Å². The highest BCUT2D eigenvalue weighted by molar-refractivity contribution is 7.99. The highest BCUT2D eigenvalue weighted by Crippen LogP contribution is 2.17. The molecule has 3 nitrogen and oxygen atoms in total. The van der Waals surface area contributed by atoms with E-state index in [0.717, 1.165) is 25.7 Å². The summed E-state index contributed by atoms with van der Waals surface area (Å²) < 4.78 is 0. The molecular formula is C10H19NO2S. The van der Waals surface area contributed by atoms with Crippen LogP contribution in [0.15, 0.2) is 0 Å². The van der Waals surface area contributed by atoms with Gasteiger partial charge in [-0.05, 0) is 19.1 Å². The van der Waals surface area contributed by atoms with Crippen molar-refractivity contribution in [3.63, 3.8) is 0 Å². The van der Waals surface area contributed by atoms with E-state index in [1.54, 1.807) is 0 Å². The van der Waals surface area contributed by atoms with Crippen LogP contribution in [0.4, 0.5) is 0 Å². The van der Waals surface area contributed by atoms with Gasteiger partial charge >= 0.3 is 0 Å². The molecule has 14 heavy (non-hydrogen) atoms. The van der Waals surface area contributed by atoms with E-state index in [0.29, 0.717) is 5.75 Å². The normalized spacial score (nSPS) is 28.1. The second-order valence-corrected chi connectivity index (χ2v) is 4.68. The van der Waals surface area contributed by atoms with E-state index < -0.39 is 0 Å².